The van der Waals surface area contributed by atoms with Crippen molar-refractivity contribution < 1.29 is 9.21 Å². The van der Waals surface area contributed by atoms with Crippen LogP contribution in [0.15, 0.2) is 27.3 Å². The highest BCUT2D eigenvalue weighted by Crippen LogP contribution is 2.30. The van der Waals surface area contributed by atoms with E-state index in [1.54, 1.807) is 11.3 Å². The number of piperidine rings is 1. The molecule has 6 nitrogen and oxygen atoms in total. The van der Waals surface area contributed by atoms with Gasteiger partial charge in [0.15, 0.2) is 0 Å². The molecule has 0 aliphatic carbocycles. The molecular weight excluding hydrogens is 344 g/mol. The fourth-order valence-electron chi connectivity index (χ4n) is 2.89. The molecule has 0 radical (unpaired) electrons. The lowest BCUT2D eigenvalue weighted by molar-refractivity contribution is 0.0693. The molecule has 4 rings (SSSR count). The van der Waals surface area contributed by atoms with Crippen LogP contribution in [-0.4, -0.2) is 39.1 Å². The predicted molar refractivity (Wildman–Crippen MR) is 92.3 cm³/mol. The predicted octanol–water partition coefficient (Wildman–Crippen LogP) is 3.58. The van der Waals surface area contributed by atoms with Gasteiger partial charge in [0.2, 0.25) is 5.89 Å². The Morgan fingerprint density at radius 2 is 2.29 bits per heavy atom. The molecule has 1 saturated heterocycles. The fourth-order valence-corrected chi connectivity index (χ4v) is 4.12. The third kappa shape index (κ3) is 2.99. The first kappa shape index (κ1) is 15.5. The molecule has 1 fully saturated rings. The zero-order valence-electron chi connectivity index (χ0n) is 13.1. The number of aromatic nitrogens is 3. The van der Waals surface area contributed by atoms with Crippen molar-refractivity contribution in [3.63, 3.8) is 0 Å². The third-order valence-corrected chi connectivity index (χ3v) is 5.70. The summed E-state index contributed by atoms with van der Waals surface area (Å²) in [4.78, 5) is 19.7. The van der Waals surface area contributed by atoms with E-state index in [0.717, 1.165) is 29.3 Å². The molecule has 1 atom stereocenters. The van der Waals surface area contributed by atoms with Crippen LogP contribution in [0.1, 0.15) is 40.1 Å². The molecule has 0 saturated carbocycles. The first-order valence-corrected chi connectivity index (χ1v) is 9.55. The molecule has 4 heterocycles. The van der Waals surface area contributed by atoms with Gasteiger partial charge in [-0.3, -0.25) is 4.79 Å². The molecular formula is C16H16N4O2S2. The topological polar surface area (TPSA) is 72.1 Å². The summed E-state index contributed by atoms with van der Waals surface area (Å²) in [6.07, 6.45) is 1.88. The molecule has 0 N–H and O–H groups in total. The zero-order chi connectivity index (χ0) is 16.5. The summed E-state index contributed by atoms with van der Waals surface area (Å²) in [6, 6.07) is 3.92. The Kier molecular flexibility index (Phi) is 4.15. The molecule has 1 amide bonds. The molecule has 1 aliphatic rings. The number of carbonyl (C=O) groups excluding carboxylic acids is 1. The van der Waals surface area contributed by atoms with Crippen LogP contribution in [0.2, 0.25) is 0 Å². The highest BCUT2D eigenvalue weighted by atomic mass is 32.1. The Labute approximate surface area is 147 Å². The van der Waals surface area contributed by atoms with Gasteiger partial charge in [0.1, 0.15) is 5.69 Å². The maximum atomic E-state index is 12.6. The SMILES string of the molecule is Cc1nc(C(=O)N2CCC[C@@H](c3nnc(-c4cccs4)o3)C2)cs1. The summed E-state index contributed by atoms with van der Waals surface area (Å²) in [7, 11) is 0. The van der Waals surface area contributed by atoms with Gasteiger partial charge in [0.05, 0.1) is 15.8 Å². The van der Waals surface area contributed by atoms with Crippen molar-refractivity contribution in [2.45, 2.75) is 25.7 Å². The fraction of sp³-hybridized carbons (Fsp3) is 0.375. The van der Waals surface area contributed by atoms with Crippen LogP contribution in [0.25, 0.3) is 10.8 Å². The summed E-state index contributed by atoms with van der Waals surface area (Å²) < 4.78 is 5.84. The van der Waals surface area contributed by atoms with Crippen molar-refractivity contribution in [2.75, 3.05) is 13.1 Å². The largest absolute Gasteiger partial charge is 0.420 e. The Morgan fingerprint density at radius 3 is 3.04 bits per heavy atom. The summed E-state index contributed by atoms with van der Waals surface area (Å²) in [5.74, 6) is 1.25. The van der Waals surface area contributed by atoms with Crippen LogP contribution in [0.5, 0.6) is 0 Å². The lowest BCUT2D eigenvalue weighted by Crippen LogP contribution is -2.39. The minimum absolute atomic E-state index is 0.0120. The van der Waals surface area contributed by atoms with E-state index in [0.29, 0.717) is 24.0 Å². The summed E-state index contributed by atoms with van der Waals surface area (Å²) in [5.41, 5.74) is 0.531. The minimum Gasteiger partial charge on any atom is -0.420 e. The van der Waals surface area contributed by atoms with E-state index in [1.165, 1.54) is 11.3 Å². The van der Waals surface area contributed by atoms with E-state index in [9.17, 15) is 4.79 Å². The van der Waals surface area contributed by atoms with Crippen LogP contribution in [-0.2, 0) is 0 Å². The molecule has 0 bridgehead atoms. The number of aryl methyl sites for hydroxylation is 1. The molecule has 0 aromatic carbocycles. The minimum atomic E-state index is -0.0120. The van der Waals surface area contributed by atoms with E-state index in [2.05, 4.69) is 15.2 Å². The molecule has 3 aromatic rings. The standard InChI is InChI=1S/C16H16N4O2S2/c1-10-17-12(9-24-10)16(21)20-6-2-4-11(8-20)14-18-19-15(22-14)13-5-3-7-23-13/h3,5,7,9,11H,2,4,6,8H2,1H3/t11-/m1/s1. The Bertz CT molecular complexity index is 840. The van der Waals surface area contributed by atoms with Crippen LogP contribution in [0.3, 0.4) is 0 Å². The molecule has 1 aliphatic heterocycles. The number of amides is 1. The number of nitrogens with zero attached hydrogens (tertiary/aromatic N) is 4. The quantitative estimate of drug-likeness (QED) is 0.714. The lowest BCUT2D eigenvalue weighted by atomic mass is 9.98. The van der Waals surface area contributed by atoms with Gasteiger partial charge >= 0.3 is 0 Å². The van der Waals surface area contributed by atoms with Gasteiger partial charge in [-0.2, -0.15) is 0 Å². The smallest absolute Gasteiger partial charge is 0.273 e. The van der Waals surface area contributed by atoms with Crippen LogP contribution < -0.4 is 0 Å². The number of hydrogen-bond donors (Lipinski definition) is 0. The first-order valence-electron chi connectivity index (χ1n) is 7.79. The maximum Gasteiger partial charge on any atom is 0.273 e. The summed E-state index contributed by atoms with van der Waals surface area (Å²) in [6.45, 7) is 3.25. The molecule has 24 heavy (non-hydrogen) atoms. The van der Waals surface area contributed by atoms with E-state index in [-0.39, 0.29) is 11.8 Å². The van der Waals surface area contributed by atoms with Crippen molar-refractivity contribution in [2.24, 2.45) is 0 Å². The number of hydrogen-bond acceptors (Lipinski definition) is 7. The van der Waals surface area contributed by atoms with Gasteiger partial charge < -0.3 is 9.32 Å². The van der Waals surface area contributed by atoms with E-state index in [1.807, 2.05) is 34.7 Å². The Morgan fingerprint density at radius 1 is 1.38 bits per heavy atom. The zero-order valence-corrected chi connectivity index (χ0v) is 14.8. The number of carbonyl (C=O) groups is 1. The second-order valence-electron chi connectivity index (χ2n) is 5.76. The van der Waals surface area contributed by atoms with Crippen LogP contribution in [0, 0.1) is 6.92 Å². The van der Waals surface area contributed by atoms with Crippen molar-refractivity contribution in [3.05, 3.63) is 39.5 Å². The van der Waals surface area contributed by atoms with Gasteiger partial charge in [-0.15, -0.1) is 32.9 Å². The lowest BCUT2D eigenvalue weighted by Gasteiger charge is -2.30. The van der Waals surface area contributed by atoms with Gasteiger partial charge in [-0.1, -0.05) is 6.07 Å². The molecule has 0 spiro atoms. The Hall–Kier alpha value is -2.06. The normalized spacial score (nSPS) is 18.0. The second-order valence-corrected chi connectivity index (χ2v) is 7.77. The van der Waals surface area contributed by atoms with Crippen LogP contribution >= 0.6 is 22.7 Å². The number of rotatable bonds is 3. The second kappa shape index (κ2) is 6.45. The van der Waals surface area contributed by atoms with Gasteiger partial charge in [0, 0.05) is 18.5 Å². The maximum absolute atomic E-state index is 12.6. The van der Waals surface area contributed by atoms with E-state index < -0.39 is 0 Å². The average molecular weight is 360 g/mol. The van der Waals surface area contributed by atoms with Gasteiger partial charge in [-0.05, 0) is 31.2 Å². The number of thiophene rings is 1. The summed E-state index contributed by atoms with van der Waals surface area (Å²) >= 11 is 3.07. The number of likely N-dealkylation sites (tertiary alicyclic amines) is 1. The number of thiazole rings is 1. The summed E-state index contributed by atoms with van der Waals surface area (Å²) in [5, 5.41) is 13.1. The molecule has 8 heteroatoms. The first-order chi connectivity index (χ1) is 11.7. The Balaban J connectivity index is 1.50. The van der Waals surface area contributed by atoms with Gasteiger partial charge in [-0.25, -0.2) is 4.98 Å². The third-order valence-electron chi connectivity index (χ3n) is 4.07. The van der Waals surface area contributed by atoms with Crippen molar-refractivity contribution in [3.8, 4) is 10.8 Å². The monoisotopic (exact) mass is 360 g/mol. The average Bonchev–Trinajstić information content (AvgIpc) is 3.35. The molecule has 0 unspecified atom stereocenters. The van der Waals surface area contributed by atoms with E-state index >= 15 is 0 Å². The van der Waals surface area contributed by atoms with Crippen molar-refractivity contribution in [1.82, 2.24) is 20.1 Å². The van der Waals surface area contributed by atoms with Gasteiger partial charge in [0.25, 0.3) is 11.8 Å². The van der Waals surface area contributed by atoms with E-state index in [4.69, 9.17) is 4.42 Å². The van der Waals surface area contributed by atoms with Crippen LogP contribution in [0.4, 0.5) is 0 Å². The van der Waals surface area contributed by atoms with Crippen molar-refractivity contribution in [1.29, 1.82) is 0 Å². The molecule has 124 valence electrons. The highest BCUT2D eigenvalue weighted by molar-refractivity contribution is 7.13. The van der Waals surface area contributed by atoms with Crippen molar-refractivity contribution >= 4 is 28.6 Å². The highest BCUT2D eigenvalue weighted by Gasteiger charge is 2.29. The molecule has 3 aromatic heterocycles.